The first-order chi connectivity index (χ1) is 14.9. The third-order valence-corrected chi connectivity index (χ3v) is 7.00. The van der Waals surface area contributed by atoms with Crippen LogP contribution in [0.4, 0.5) is 0 Å². The van der Waals surface area contributed by atoms with E-state index in [0.717, 1.165) is 71.5 Å². The molecule has 4 atom stereocenters. The highest BCUT2D eigenvalue weighted by molar-refractivity contribution is 5.80. The second-order valence-electron chi connectivity index (χ2n) is 9.95. The number of morpholine rings is 1. The van der Waals surface area contributed by atoms with Crippen LogP contribution in [0.2, 0.25) is 0 Å². The Morgan fingerprint density at radius 1 is 1.06 bits per heavy atom. The van der Waals surface area contributed by atoms with Gasteiger partial charge in [0, 0.05) is 71.5 Å². The van der Waals surface area contributed by atoms with E-state index in [2.05, 4.69) is 57.6 Å². The van der Waals surface area contributed by atoms with Crippen molar-refractivity contribution in [3.05, 3.63) is 0 Å². The molecule has 3 aliphatic heterocycles. The Bertz CT molecular complexity index is 597. The number of carbonyl (C=O) groups is 1. The lowest BCUT2D eigenvalue weighted by molar-refractivity contribution is -0.135. The van der Waals surface area contributed by atoms with Crippen LogP contribution in [0.3, 0.4) is 0 Å². The van der Waals surface area contributed by atoms with Crippen molar-refractivity contribution < 1.29 is 9.53 Å². The molecule has 3 heterocycles. The van der Waals surface area contributed by atoms with Gasteiger partial charge in [-0.2, -0.15) is 0 Å². The van der Waals surface area contributed by atoms with E-state index < -0.39 is 0 Å². The number of ether oxygens (including phenoxy) is 1. The van der Waals surface area contributed by atoms with Crippen molar-refractivity contribution in [2.75, 3.05) is 79.2 Å². The van der Waals surface area contributed by atoms with Gasteiger partial charge in [-0.3, -0.25) is 19.6 Å². The molecule has 8 heteroatoms. The molecular weight excluding hydrogens is 392 g/mol. The molecule has 0 radical (unpaired) electrons. The number of amides is 1. The Balaban J connectivity index is 1.41. The molecule has 0 saturated carbocycles. The number of hydrogen-bond donors (Lipinski definition) is 1. The van der Waals surface area contributed by atoms with E-state index in [0.29, 0.717) is 36.4 Å². The molecular formula is C23H44N6O2. The lowest BCUT2D eigenvalue weighted by atomic mass is 9.92. The number of hydrogen-bond acceptors (Lipinski definition) is 5. The molecule has 31 heavy (non-hydrogen) atoms. The van der Waals surface area contributed by atoms with Crippen LogP contribution in [0.25, 0.3) is 0 Å². The van der Waals surface area contributed by atoms with Crippen LogP contribution in [0.1, 0.15) is 34.1 Å². The molecule has 8 nitrogen and oxygen atoms in total. The predicted octanol–water partition coefficient (Wildman–Crippen LogP) is 0.793. The molecule has 0 aromatic carbocycles. The number of aliphatic imine (C=N–C) groups is 1. The summed E-state index contributed by atoms with van der Waals surface area (Å²) in [4.78, 5) is 26.5. The summed E-state index contributed by atoms with van der Waals surface area (Å²) in [7, 11) is 1.86. The van der Waals surface area contributed by atoms with Gasteiger partial charge in [0.1, 0.15) is 0 Å². The fourth-order valence-electron chi connectivity index (χ4n) is 5.36. The lowest BCUT2D eigenvalue weighted by Crippen LogP contribution is -2.57. The van der Waals surface area contributed by atoms with E-state index in [9.17, 15) is 4.79 Å². The van der Waals surface area contributed by atoms with Gasteiger partial charge in [-0.25, -0.2) is 0 Å². The molecule has 3 fully saturated rings. The van der Waals surface area contributed by atoms with Crippen molar-refractivity contribution in [3.63, 3.8) is 0 Å². The van der Waals surface area contributed by atoms with Crippen molar-refractivity contribution in [2.45, 2.75) is 46.2 Å². The summed E-state index contributed by atoms with van der Waals surface area (Å²) >= 11 is 0. The van der Waals surface area contributed by atoms with Gasteiger partial charge >= 0.3 is 0 Å². The fraction of sp³-hybridized carbons (Fsp3) is 0.913. The van der Waals surface area contributed by atoms with E-state index >= 15 is 0 Å². The molecule has 3 aliphatic rings. The van der Waals surface area contributed by atoms with E-state index in [1.807, 2.05) is 7.05 Å². The highest BCUT2D eigenvalue weighted by Crippen LogP contribution is 2.21. The molecule has 0 aromatic heterocycles. The Morgan fingerprint density at radius 2 is 1.74 bits per heavy atom. The third kappa shape index (κ3) is 6.80. The molecule has 3 rings (SSSR count). The van der Waals surface area contributed by atoms with Gasteiger partial charge in [-0.15, -0.1) is 0 Å². The SMILES string of the molecule is CN=C(NCC(C)N1CCOCC1C)N1CCN(CC(=O)N2CC(C)CC(C)C2)CC1. The second-order valence-corrected chi connectivity index (χ2v) is 9.95. The molecule has 1 N–H and O–H groups in total. The molecule has 0 aromatic rings. The third-order valence-electron chi connectivity index (χ3n) is 7.00. The van der Waals surface area contributed by atoms with Crippen molar-refractivity contribution >= 4 is 11.9 Å². The molecule has 3 saturated heterocycles. The van der Waals surface area contributed by atoms with Crippen molar-refractivity contribution in [1.29, 1.82) is 0 Å². The van der Waals surface area contributed by atoms with Gasteiger partial charge in [0.15, 0.2) is 5.96 Å². The standard InChI is InChI=1S/C23H44N6O2/c1-18-12-19(2)15-28(14-18)22(30)16-26-6-8-27(9-7-26)23(24-5)25-13-20(3)29-10-11-31-17-21(29)4/h18-21H,6-17H2,1-5H3,(H,24,25). The zero-order valence-electron chi connectivity index (χ0n) is 20.3. The van der Waals surface area contributed by atoms with Crippen LogP contribution in [0.5, 0.6) is 0 Å². The Labute approximate surface area is 189 Å². The van der Waals surface area contributed by atoms with Gasteiger partial charge in [0.2, 0.25) is 5.91 Å². The maximum atomic E-state index is 12.8. The summed E-state index contributed by atoms with van der Waals surface area (Å²) in [5.41, 5.74) is 0. The van der Waals surface area contributed by atoms with Crippen LogP contribution in [-0.2, 0) is 9.53 Å². The topological polar surface area (TPSA) is 63.7 Å². The summed E-state index contributed by atoms with van der Waals surface area (Å²) in [6.45, 7) is 18.5. The van der Waals surface area contributed by atoms with E-state index in [-0.39, 0.29) is 0 Å². The quantitative estimate of drug-likeness (QED) is 0.508. The van der Waals surface area contributed by atoms with E-state index in [4.69, 9.17) is 4.74 Å². The molecule has 0 aliphatic carbocycles. The van der Waals surface area contributed by atoms with Gasteiger partial charge < -0.3 is 19.9 Å². The number of nitrogens with one attached hydrogen (secondary N) is 1. The Hall–Kier alpha value is -1.38. The molecule has 0 bridgehead atoms. The van der Waals surface area contributed by atoms with Crippen LogP contribution in [-0.4, -0.2) is 123 Å². The fourth-order valence-corrected chi connectivity index (χ4v) is 5.36. The van der Waals surface area contributed by atoms with Crippen molar-refractivity contribution in [2.24, 2.45) is 16.8 Å². The normalized spacial score (nSPS) is 30.4. The minimum atomic E-state index is 0.294. The highest BCUT2D eigenvalue weighted by Gasteiger charge is 2.28. The number of likely N-dealkylation sites (tertiary alicyclic amines) is 1. The second kappa shape index (κ2) is 11.5. The number of carbonyl (C=O) groups excluding carboxylic acids is 1. The van der Waals surface area contributed by atoms with Gasteiger partial charge in [-0.05, 0) is 32.1 Å². The maximum absolute atomic E-state index is 12.8. The Kier molecular flexibility index (Phi) is 8.98. The first-order valence-corrected chi connectivity index (χ1v) is 12.2. The zero-order chi connectivity index (χ0) is 22.4. The van der Waals surface area contributed by atoms with Gasteiger partial charge in [-0.1, -0.05) is 13.8 Å². The molecule has 4 unspecified atom stereocenters. The van der Waals surface area contributed by atoms with E-state index in [1.165, 1.54) is 6.42 Å². The number of piperazine rings is 1. The highest BCUT2D eigenvalue weighted by atomic mass is 16.5. The summed E-state index contributed by atoms with van der Waals surface area (Å²) in [5.74, 6) is 2.49. The van der Waals surface area contributed by atoms with Crippen molar-refractivity contribution in [1.82, 2.24) is 24.9 Å². The average Bonchev–Trinajstić information content (AvgIpc) is 2.74. The van der Waals surface area contributed by atoms with Gasteiger partial charge in [0.05, 0.1) is 19.8 Å². The lowest BCUT2D eigenvalue weighted by Gasteiger charge is -2.40. The average molecular weight is 437 g/mol. The zero-order valence-corrected chi connectivity index (χ0v) is 20.3. The molecule has 0 spiro atoms. The monoisotopic (exact) mass is 436 g/mol. The minimum absolute atomic E-state index is 0.294. The van der Waals surface area contributed by atoms with Crippen molar-refractivity contribution in [3.8, 4) is 0 Å². The maximum Gasteiger partial charge on any atom is 0.236 e. The van der Waals surface area contributed by atoms with Gasteiger partial charge in [0.25, 0.3) is 0 Å². The summed E-state index contributed by atoms with van der Waals surface area (Å²) in [6, 6.07) is 0.892. The van der Waals surface area contributed by atoms with Crippen LogP contribution in [0, 0.1) is 11.8 Å². The van der Waals surface area contributed by atoms with E-state index in [1.54, 1.807) is 0 Å². The van der Waals surface area contributed by atoms with Crippen LogP contribution < -0.4 is 5.32 Å². The number of guanidine groups is 1. The smallest absolute Gasteiger partial charge is 0.236 e. The first kappa shape index (κ1) is 24.3. The number of rotatable bonds is 5. The molecule has 1 amide bonds. The summed E-state index contributed by atoms with van der Waals surface area (Å²) in [5, 5.41) is 3.57. The summed E-state index contributed by atoms with van der Waals surface area (Å²) < 4.78 is 5.56. The number of nitrogens with zero attached hydrogens (tertiary/aromatic N) is 5. The van der Waals surface area contributed by atoms with Crippen LogP contribution >= 0.6 is 0 Å². The number of piperidine rings is 1. The first-order valence-electron chi connectivity index (χ1n) is 12.2. The predicted molar refractivity (Wildman–Crippen MR) is 125 cm³/mol. The largest absolute Gasteiger partial charge is 0.379 e. The van der Waals surface area contributed by atoms with Crippen LogP contribution in [0.15, 0.2) is 4.99 Å². The summed E-state index contributed by atoms with van der Waals surface area (Å²) in [6.07, 6.45) is 1.23. The molecule has 178 valence electrons. The Morgan fingerprint density at radius 3 is 2.35 bits per heavy atom. The minimum Gasteiger partial charge on any atom is -0.379 e.